The van der Waals surface area contributed by atoms with Gasteiger partial charge < -0.3 is 18.9 Å². The molecule has 0 atom stereocenters. The van der Waals surface area contributed by atoms with Crippen LogP contribution >= 0.6 is 0 Å². The molecule has 0 fully saturated rings. The van der Waals surface area contributed by atoms with Gasteiger partial charge in [0.25, 0.3) is 0 Å². The van der Waals surface area contributed by atoms with Gasteiger partial charge in [0.1, 0.15) is 5.75 Å². The Morgan fingerprint density at radius 1 is 1.00 bits per heavy atom. The summed E-state index contributed by atoms with van der Waals surface area (Å²) in [5, 5.41) is 0. The van der Waals surface area contributed by atoms with Gasteiger partial charge in [-0.3, -0.25) is 0 Å². The molecule has 118 valence electrons. The lowest BCUT2D eigenvalue weighted by atomic mass is 10.2. The lowest BCUT2D eigenvalue weighted by Crippen LogP contribution is -2.09. The lowest BCUT2D eigenvalue weighted by molar-refractivity contribution is 0.0524. The minimum atomic E-state index is -0.552. The first-order valence-electron chi connectivity index (χ1n) is 7.06. The van der Waals surface area contributed by atoms with Crippen molar-refractivity contribution < 1.29 is 28.5 Å². The molecule has 2 aromatic rings. The van der Waals surface area contributed by atoms with Gasteiger partial charge in [-0.05, 0) is 43.3 Å². The zero-order chi connectivity index (χ0) is 16.2. The van der Waals surface area contributed by atoms with Crippen molar-refractivity contribution in [3.8, 4) is 17.2 Å². The van der Waals surface area contributed by atoms with Crippen LogP contribution in [0.4, 0.5) is 0 Å². The number of carbonyl (C=O) groups is 2. The van der Waals surface area contributed by atoms with E-state index in [-0.39, 0.29) is 19.1 Å². The third kappa shape index (κ3) is 3.26. The van der Waals surface area contributed by atoms with E-state index in [0.29, 0.717) is 22.6 Å². The van der Waals surface area contributed by atoms with Crippen molar-refractivity contribution in [3.05, 3.63) is 53.6 Å². The molecule has 0 radical (unpaired) electrons. The molecule has 6 nitrogen and oxygen atoms in total. The van der Waals surface area contributed by atoms with Gasteiger partial charge in [0.05, 0.1) is 17.7 Å². The van der Waals surface area contributed by atoms with Gasteiger partial charge >= 0.3 is 11.9 Å². The third-order valence-corrected chi connectivity index (χ3v) is 3.16. The van der Waals surface area contributed by atoms with Gasteiger partial charge in [-0.15, -0.1) is 0 Å². The standard InChI is InChI=1S/C17H14O6/c1-2-20-16(18)11-4-3-5-13(8-11)23-17(19)12-6-7-14-15(9-12)22-10-21-14/h3-9H,2,10H2,1H3. The van der Waals surface area contributed by atoms with Crippen molar-refractivity contribution in [2.24, 2.45) is 0 Å². The van der Waals surface area contributed by atoms with Crippen molar-refractivity contribution in [2.75, 3.05) is 13.4 Å². The minimum Gasteiger partial charge on any atom is -0.462 e. The highest BCUT2D eigenvalue weighted by Crippen LogP contribution is 2.32. The second-order valence-electron chi connectivity index (χ2n) is 4.71. The van der Waals surface area contributed by atoms with Crippen molar-refractivity contribution >= 4 is 11.9 Å². The van der Waals surface area contributed by atoms with E-state index >= 15 is 0 Å². The Kier molecular flexibility index (Phi) is 4.14. The van der Waals surface area contributed by atoms with E-state index in [9.17, 15) is 9.59 Å². The normalized spacial score (nSPS) is 11.9. The average molecular weight is 314 g/mol. The zero-order valence-corrected chi connectivity index (χ0v) is 12.4. The summed E-state index contributed by atoms with van der Waals surface area (Å²) in [5.41, 5.74) is 0.652. The van der Waals surface area contributed by atoms with E-state index in [1.807, 2.05) is 0 Å². The van der Waals surface area contributed by atoms with E-state index in [2.05, 4.69) is 0 Å². The number of carbonyl (C=O) groups excluding carboxylic acids is 2. The molecule has 0 saturated carbocycles. The second-order valence-corrected chi connectivity index (χ2v) is 4.71. The van der Waals surface area contributed by atoms with Crippen molar-refractivity contribution in [3.63, 3.8) is 0 Å². The number of esters is 2. The third-order valence-electron chi connectivity index (χ3n) is 3.16. The highest BCUT2D eigenvalue weighted by Gasteiger charge is 2.18. The maximum Gasteiger partial charge on any atom is 0.343 e. The van der Waals surface area contributed by atoms with Crippen LogP contribution in [0.2, 0.25) is 0 Å². The highest BCUT2D eigenvalue weighted by molar-refractivity contribution is 5.93. The van der Waals surface area contributed by atoms with Crippen molar-refractivity contribution in [2.45, 2.75) is 6.92 Å². The van der Waals surface area contributed by atoms with E-state index in [1.165, 1.54) is 6.07 Å². The number of hydrogen-bond acceptors (Lipinski definition) is 6. The molecule has 6 heteroatoms. The van der Waals surface area contributed by atoms with Crippen LogP contribution < -0.4 is 14.2 Å². The fourth-order valence-electron chi connectivity index (χ4n) is 2.09. The summed E-state index contributed by atoms with van der Waals surface area (Å²) in [7, 11) is 0. The summed E-state index contributed by atoms with van der Waals surface area (Å²) in [6, 6.07) is 11.1. The van der Waals surface area contributed by atoms with Crippen LogP contribution in [0.1, 0.15) is 27.6 Å². The molecule has 0 amide bonds. The maximum absolute atomic E-state index is 12.2. The van der Waals surface area contributed by atoms with Crippen LogP contribution in [-0.2, 0) is 4.74 Å². The Labute approximate surface area is 132 Å². The first-order chi connectivity index (χ1) is 11.2. The Bertz CT molecular complexity index is 752. The van der Waals surface area contributed by atoms with Gasteiger partial charge in [-0.25, -0.2) is 9.59 Å². The summed E-state index contributed by atoms with van der Waals surface area (Å²) in [6.45, 7) is 2.14. The molecule has 0 spiro atoms. The number of fused-ring (bicyclic) bond motifs is 1. The molecule has 0 saturated heterocycles. The molecule has 0 aliphatic carbocycles. The zero-order valence-electron chi connectivity index (χ0n) is 12.4. The molecule has 1 heterocycles. The van der Waals surface area contributed by atoms with Gasteiger partial charge in [-0.1, -0.05) is 6.07 Å². The fourth-order valence-corrected chi connectivity index (χ4v) is 2.09. The van der Waals surface area contributed by atoms with Crippen molar-refractivity contribution in [1.82, 2.24) is 0 Å². The molecule has 2 aromatic carbocycles. The highest BCUT2D eigenvalue weighted by atomic mass is 16.7. The van der Waals surface area contributed by atoms with Crippen LogP contribution in [0.15, 0.2) is 42.5 Å². The second kappa shape index (κ2) is 6.39. The Morgan fingerprint density at radius 2 is 1.78 bits per heavy atom. The SMILES string of the molecule is CCOC(=O)c1cccc(OC(=O)c2ccc3c(c2)OCO3)c1. The Balaban J connectivity index is 1.75. The van der Waals surface area contributed by atoms with Crippen LogP contribution in [0.5, 0.6) is 17.2 Å². The van der Waals surface area contributed by atoms with Gasteiger partial charge in [-0.2, -0.15) is 0 Å². The minimum absolute atomic E-state index is 0.134. The average Bonchev–Trinajstić information content (AvgIpc) is 3.03. The van der Waals surface area contributed by atoms with Gasteiger partial charge in [0.2, 0.25) is 6.79 Å². The van der Waals surface area contributed by atoms with Crippen LogP contribution in [0.25, 0.3) is 0 Å². The molecule has 0 unspecified atom stereocenters. The van der Waals surface area contributed by atoms with Crippen LogP contribution in [0, 0.1) is 0 Å². The summed E-state index contributed by atoms with van der Waals surface area (Å²) in [6.07, 6.45) is 0. The predicted octanol–water partition coefficient (Wildman–Crippen LogP) is 2.81. The molecule has 23 heavy (non-hydrogen) atoms. The first-order valence-corrected chi connectivity index (χ1v) is 7.06. The van der Waals surface area contributed by atoms with E-state index < -0.39 is 11.9 Å². The van der Waals surface area contributed by atoms with E-state index in [1.54, 1.807) is 43.3 Å². The quantitative estimate of drug-likeness (QED) is 0.638. The maximum atomic E-state index is 12.2. The monoisotopic (exact) mass is 314 g/mol. The lowest BCUT2D eigenvalue weighted by Gasteiger charge is -2.07. The van der Waals surface area contributed by atoms with E-state index in [0.717, 1.165) is 0 Å². The summed E-state index contributed by atoms with van der Waals surface area (Å²) < 4.78 is 20.6. The van der Waals surface area contributed by atoms with Crippen molar-refractivity contribution in [1.29, 1.82) is 0 Å². The summed E-state index contributed by atoms with van der Waals surface area (Å²) in [4.78, 5) is 23.9. The number of ether oxygens (including phenoxy) is 4. The smallest absolute Gasteiger partial charge is 0.343 e. The Hall–Kier alpha value is -3.02. The molecule has 1 aliphatic heterocycles. The molecular formula is C17H14O6. The summed E-state index contributed by atoms with van der Waals surface area (Å²) in [5.74, 6) is 0.335. The van der Waals surface area contributed by atoms with Gasteiger partial charge in [0.15, 0.2) is 11.5 Å². The predicted molar refractivity (Wildman–Crippen MR) is 79.9 cm³/mol. The topological polar surface area (TPSA) is 71.1 Å². The summed E-state index contributed by atoms with van der Waals surface area (Å²) >= 11 is 0. The molecule has 0 bridgehead atoms. The number of hydrogen-bond donors (Lipinski definition) is 0. The van der Waals surface area contributed by atoms with Gasteiger partial charge in [0, 0.05) is 0 Å². The number of rotatable bonds is 4. The van der Waals surface area contributed by atoms with E-state index in [4.69, 9.17) is 18.9 Å². The van der Waals surface area contributed by atoms with Crippen LogP contribution in [-0.4, -0.2) is 25.3 Å². The molecule has 1 aliphatic rings. The molecular weight excluding hydrogens is 300 g/mol. The number of benzene rings is 2. The largest absolute Gasteiger partial charge is 0.462 e. The van der Waals surface area contributed by atoms with Crippen LogP contribution in [0.3, 0.4) is 0 Å². The fraction of sp³-hybridized carbons (Fsp3) is 0.176. The molecule has 0 aromatic heterocycles. The molecule has 3 rings (SSSR count). The Morgan fingerprint density at radius 3 is 2.61 bits per heavy atom. The molecule has 0 N–H and O–H groups in total. The first kappa shape index (κ1) is 14.9.